The van der Waals surface area contributed by atoms with E-state index in [2.05, 4.69) is 0 Å². The van der Waals surface area contributed by atoms with Crippen molar-refractivity contribution in [2.45, 2.75) is 32.7 Å². The SMILES string of the molecule is CCOC(CCCOc1c(F)c(F)c(F)c(F)c1F)(O[SiH3])OCC. The van der Waals surface area contributed by atoms with Crippen LogP contribution in [0.1, 0.15) is 26.7 Å². The summed E-state index contributed by atoms with van der Waals surface area (Å²) in [5.41, 5.74) is 0. The van der Waals surface area contributed by atoms with E-state index in [9.17, 15) is 22.0 Å². The number of hydrogen-bond acceptors (Lipinski definition) is 4. The molecule has 4 nitrogen and oxygen atoms in total. The Morgan fingerprint density at radius 3 is 1.71 bits per heavy atom. The third kappa shape index (κ3) is 4.65. The minimum atomic E-state index is -2.23. The Bertz CT molecular complexity index is 523. The normalized spacial score (nSPS) is 12.0. The third-order valence-electron chi connectivity index (χ3n) is 3.08. The van der Waals surface area contributed by atoms with Crippen LogP contribution in [0.4, 0.5) is 22.0 Å². The number of rotatable bonds is 10. The first-order valence-electron chi connectivity index (χ1n) is 7.30. The van der Waals surface area contributed by atoms with Crippen LogP contribution >= 0.6 is 0 Å². The topological polar surface area (TPSA) is 36.9 Å². The van der Waals surface area contributed by atoms with Crippen LogP contribution in [0.3, 0.4) is 0 Å². The van der Waals surface area contributed by atoms with Gasteiger partial charge in [0.1, 0.15) is 0 Å². The van der Waals surface area contributed by atoms with E-state index in [1.165, 1.54) is 0 Å². The fraction of sp³-hybridized carbons (Fsp3) is 0.571. The summed E-state index contributed by atoms with van der Waals surface area (Å²) in [7, 11) is 0.310. The lowest BCUT2D eigenvalue weighted by Gasteiger charge is -2.31. The van der Waals surface area contributed by atoms with Gasteiger partial charge in [0.05, 0.1) is 6.61 Å². The molecule has 10 heteroatoms. The van der Waals surface area contributed by atoms with Crippen molar-refractivity contribution in [1.29, 1.82) is 0 Å². The van der Waals surface area contributed by atoms with Crippen LogP contribution in [0.2, 0.25) is 0 Å². The second kappa shape index (κ2) is 9.30. The Morgan fingerprint density at radius 2 is 1.29 bits per heavy atom. The molecule has 0 saturated heterocycles. The molecule has 0 N–H and O–H groups in total. The molecule has 0 spiro atoms. The second-order valence-corrected chi connectivity index (χ2v) is 5.01. The Hall–Kier alpha value is -1.23. The van der Waals surface area contributed by atoms with Gasteiger partial charge in [0.15, 0.2) is 16.2 Å². The van der Waals surface area contributed by atoms with E-state index in [0.29, 0.717) is 23.7 Å². The van der Waals surface area contributed by atoms with Crippen molar-refractivity contribution in [1.82, 2.24) is 0 Å². The molecule has 1 aromatic carbocycles. The smallest absolute Gasteiger partial charge is 0.272 e. The zero-order valence-electron chi connectivity index (χ0n) is 13.6. The summed E-state index contributed by atoms with van der Waals surface area (Å²) in [5.74, 6) is -13.0. The zero-order chi connectivity index (χ0) is 18.3. The van der Waals surface area contributed by atoms with Gasteiger partial charge in [-0.15, -0.1) is 0 Å². The molecule has 0 heterocycles. The van der Waals surface area contributed by atoms with Gasteiger partial charge in [-0.2, -0.15) is 8.78 Å². The van der Waals surface area contributed by atoms with Crippen LogP contribution in [0.15, 0.2) is 0 Å². The average molecular weight is 374 g/mol. The molecule has 24 heavy (non-hydrogen) atoms. The van der Waals surface area contributed by atoms with Crippen LogP contribution in [-0.4, -0.2) is 36.3 Å². The molecule has 0 saturated carbocycles. The van der Waals surface area contributed by atoms with Crippen LogP contribution in [0, 0.1) is 29.1 Å². The maximum Gasteiger partial charge on any atom is 0.272 e. The molecule has 138 valence electrons. The molecule has 0 aliphatic carbocycles. The van der Waals surface area contributed by atoms with Gasteiger partial charge in [-0.25, -0.2) is 13.2 Å². The van der Waals surface area contributed by atoms with Crippen molar-refractivity contribution in [2.75, 3.05) is 19.8 Å². The first-order chi connectivity index (χ1) is 11.3. The highest BCUT2D eigenvalue weighted by molar-refractivity contribution is 5.98. The first kappa shape index (κ1) is 20.8. The predicted molar refractivity (Wildman–Crippen MR) is 78.0 cm³/mol. The molecule has 0 aromatic heterocycles. The number of hydrogen-bond donors (Lipinski definition) is 0. The molecule has 0 radical (unpaired) electrons. The van der Waals surface area contributed by atoms with Crippen molar-refractivity contribution < 1.29 is 40.6 Å². The molecule has 0 aliphatic rings. The maximum absolute atomic E-state index is 13.5. The lowest BCUT2D eigenvalue weighted by Crippen LogP contribution is -2.39. The van der Waals surface area contributed by atoms with Gasteiger partial charge in [0, 0.05) is 19.6 Å². The maximum atomic E-state index is 13.5. The van der Waals surface area contributed by atoms with Crippen LogP contribution in [-0.2, 0) is 13.9 Å². The Labute approximate surface area is 139 Å². The molecule has 0 fully saturated rings. The van der Waals surface area contributed by atoms with Gasteiger partial charge in [-0.3, -0.25) is 0 Å². The predicted octanol–water partition coefficient (Wildman–Crippen LogP) is 2.56. The monoisotopic (exact) mass is 374 g/mol. The summed E-state index contributed by atoms with van der Waals surface area (Å²) < 4.78 is 86.8. The average Bonchev–Trinajstić information content (AvgIpc) is 2.57. The Kier molecular flexibility index (Phi) is 8.07. The standard InChI is InChI=1S/C14H19F5O4Si/c1-3-21-14(23-24,22-4-2)6-5-7-20-13-11(18)9(16)8(15)10(17)12(13)19/h3-7H2,1-2,24H3. The second-order valence-electron chi connectivity index (χ2n) is 4.60. The quantitative estimate of drug-likeness (QED) is 0.158. The highest BCUT2D eigenvalue weighted by Crippen LogP contribution is 2.29. The molecule has 0 aliphatic heterocycles. The first-order valence-corrected chi connectivity index (χ1v) is 8.12. The summed E-state index contributed by atoms with van der Waals surface area (Å²) >= 11 is 0. The van der Waals surface area contributed by atoms with E-state index in [1.807, 2.05) is 0 Å². The van der Waals surface area contributed by atoms with E-state index < -0.39 is 40.8 Å². The molecular weight excluding hydrogens is 355 g/mol. The summed E-state index contributed by atoms with van der Waals surface area (Å²) in [6.45, 7) is 3.77. The molecule has 1 aromatic rings. The highest BCUT2D eigenvalue weighted by atomic mass is 28.2. The Morgan fingerprint density at radius 1 is 0.833 bits per heavy atom. The van der Waals surface area contributed by atoms with Gasteiger partial charge in [0.2, 0.25) is 29.1 Å². The highest BCUT2D eigenvalue weighted by Gasteiger charge is 2.31. The Balaban J connectivity index is 2.74. The molecule has 0 bridgehead atoms. The van der Waals surface area contributed by atoms with Crippen molar-refractivity contribution in [3.8, 4) is 5.75 Å². The van der Waals surface area contributed by atoms with Gasteiger partial charge in [-0.1, -0.05) is 0 Å². The number of ether oxygens (including phenoxy) is 3. The van der Waals surface area contributed by atoms with Crippen molar-refractivity contribution in [2.24, 2.45) is 0 Å². The minimum Gasteiger partial charge on any atom is -0.487 e. The summed E-state index contributed by atoms with van der Waals surface area (Å²) in [5, 5.41) is 0. The van der Waals surface area contributed by atoms with E-state index in [4.69, 9.17) is 18.6 Å². The molecule has 1 rings (SSSR count). The number of halogens is 5. The molecular formula is C14H19F5O4Si. The minimum absolute atomic E-state index is 0.141. The zero-order valence-corrected chi connectivity index (χ0v) is 15.6. The van der Waals surface area contributed by atoms with E-state index in [1.54, 1.807) is 13.8 Å². The fourth-order valence-corrected chi connectivity index (χ4v) is 2.46. The summed E-state index contributed by atoms with van der Waals surface area (Å²) in [4.78, 5) is 0. The lowest BCUT2D eigenvalue weighted by molar-refractivity contribution is -0.344. The van der Waals surface area contributed by atoms with Gasteiger partial charge >= 0.3 is 0 Å². The number of benzene rings is 1. The van der Waals surface area contributed by atoms with Gasteiger partial charge in [-0.05, 0) is 20.3 Å². The van der Waals surface area contributed by atoms with Crippen LogP contribution in [0.25, 0.3) is 0 Å². The van der Waals surface area contributed by atoms with Crippen LogP contribution < -0.4 is 4.74 Å². The van der Waals surface area contributed by atoms with E-state index in [-0.39, 0.29) is 19.4 Å². The summed E-state index contributed by atoms with van der Waals surface area (Å²) in [6.07, 6.45) is 0.301. The van der Waals surface area contributed by atoms with Gasteiger partial charge in [0.25, 0.3) is 5.97 Å². The van der Waals surface area contributed by atoms with Crippen molar-refractivity contribution >= 4 is 10.5 Å². The van der Waals surface area contributed by atoms with E-state index in [0.717, 1.165) is 0 Å². The molecule has 0 unspecified atom stereocenters. The van der Waals surface area contributed by atoms with Crippen LogP contribution in [0.5, 0.6) is 5.75 Å². The molecule has 0 atom stereocenters. The third-order valence-corrected chi connectivity index (χ3v) is 3.70. The largest absolute Gasteiger partial charge is 0.487 e. The fourth-order valence-electron chi connectivity index (χ4n) is 2.02. The summed E-state index contributed by atoms with van der Waals surface area (Å²) in [6, 6.07) is 0. The molecule has 0 amide bonds. The lowest BCUT2D eigenvalue weighted by atomic mass is 10.2. The van der Waals surface area contributed by atoms with Gasteiger partial charge < -0.3 is 18.6 Å². The van der Waals surface area contributed by atoms with Crippen molar-refractivity contribution in [3.05, 3.63) is 29.1 Å². The van der Waals surface area contributed by atoms with E-state index >= 15 is 0 Å². The van der Waals surface area contributed by atoms with Crippen molar-refractivity contribution in [3.63, 3.8) is 0 Å².